The largest absolute Gasteiger partial charge is 0.354 e. The van der Waals surface area contributed by atoms with Gasteiger partial charge in [-0.2, -0.15) is 0 Å². The lowest BCUT2D eigenvalue weighted by Gasteiger charge is -2.09. The van der Waals surface area contributed by atoms with Gasteiger partial charge in [0.15, 0.2) is 0 Å². The van der Waals surface area contributed by atoms with Crippen LogP contribution in [0.1, 0.15) is 34.8 Å². The predicted molar refractivity (Wildman–Crippen MR) is 110 cm³/mol. The Morgan fingerprint density at radius 2 is 1.83 bits per heavy atom. The number of carbonyl (C=O) groups excluding carboxylic acids is 2. The molecule has 9 nitrogen and oxygen atoms in total. The number of hydrogen-bond donors (Lipinski definition) is 3. The summed E-state index contributed by atoms with van der Waals surface area (Å²) in [6, 6.07) is 10.9. The van der Waals surface area contributed by atoms with Crippen LogP contribution in [0.25, 0.3) is 11.0 Å². The molecule has 0 unspecified atom stereocenters. The summed E-state index contributed by atoms with van der Waals surface area (Å²) < 4.78 is 1.47. The third-order valence-electron chi connectivity index (χ3n) is 4.89. The molecule has 0 saturated heterocycles. The Morgan fingerprint density at radius 1 is 1.10 bits per heavy atom. The van der Waals surface area contributed by atoms with Gasteiger partial charge in [-0.3, -0.25) is 23.9 Å². The first-order valence-electron chi connectivity index (χ1n) is 9.76. The van der Waals surface area contributed by atoms with Gasteiger partial charge >= 0.3 is 5.69 Å². The predicted octanol–water partition coefficient (Wildman–Crippen LogP) is 0.508. The molecule has 3 N–H and O–H groups in total. The van der Waals surface area contributed by atoms with E-state index >= 15 is 0 Å². The number of nitrogens with one attached hydrogen (secondary N) is 3. The van der Waals surface area contributed by atoms with Crippen molar-refractivity contribution in [3.05, 3.63) is 74.6 Å². The molecule has 154 valence electrons. The van der Waals surface area contributed by atoms with Gasteiger partial charge in [0.25, 0.3) is 11.5 Å². The average Bonchev–Trinajstić information content (AvgIpc) is 3.56. The summed E-state index contributed by atoms with van der Waals surface area (Å²) in [6.45, 7) is 0.509. The highest BCUT2D eigenvalue weighted by molar-refractivity contribution is 5.96. The molecule has 0 atom stereocenters. The monoisotopic (exact) mass is 407 g/mol. The highest BCUT2D eigenvalue weighted by Crippen LogP contribution is 2.34. The fraction of sp³-hybridized carbons (Fsp3) is 0.286. The molecule has 0 spiro atoms. The standard InChI is InChI=1S/C21H21N5O4/c27-17(10-13-4-2-1-3-5-13)22-8-9-23-19(28)14-11-16-18(24-12-14)26(15-6-7-15)21(30)25-20(16)29/h1-5,11-12,15H,6-10H2,(H,22,27)(H,23,28)(H,25,29,30). The van der Waals surface area contributed by atoms with Gasteiger partial charge in [0.1, 0.15) is 5.65 Å². The highest BCUT2D eigenvalue weighted by Gasteiger charge is 2.27. The Hall–Kier alpha value is -3.75. The summed E-state index contributed by atoms with van der Waals surface area (Å²) in [7, 11) is 0. The zero-order chi connectivity index (χ0) is 21.1. The summed E-state index contributed by atoms with van der Waals surface area (Å²) in [4.78, 5) is 55.0. The molecule has 0 radical (unpaired) electrons. The molecule has 1 aliphatic rings. The number of rotatable bonds is 7. The zero-order valence-corrected chi connectivity index (χ0v) is 16.2. The van der Waals surface area contributed by atoms with Crippen molar-refractivity contribution < 1.29 is 9.59 Å². The van der Waals surface area contributed by atoms with Gasteiger partial charge in [0, 0.05) is 25.3 Å². The smallest absolute Gasteiger partial charge is 0.330 e. The van der Waals surface area contributed by atoms with E-state index in [2.05, 4.69) is 20.6 Å². The Balaban J connectivity index is 1.36. The second-order valence-electron chi connectivity index (χ2n) is 7.22. The average molecular weight is 407 g/mol. The van der Waals surface area contributed by atoms with E-state index in [0.29, 0.717) is 0 Å². The van der Waals surface area contributed by atoms with Crippen molar-refractivity contribution in [2.45, 2.75) is 25.3 Å². The second-order valence-corrected chi connectivity index (χ2v) is 7.22. The number of H-pyrrole nitrogens is 1. The third kappa shape index (κ3) is 4.29. The van der Waals surface area contributed by atoms with Crippen LogP contribution in [0, 0.1) is 0 Å². The van der Waals surface area contributed by atoms with E-state index < -0.39 is 17.2 Å². The summed E-state index contributed by atoms with van der Waals surface area (Å²) >= 11 is 0. The molecule has 0 aliphatic heterocycles. The molecule has 9 heteroatoms. The van der Waals surface area contributed by atoms with Crippen LogP contribution >= 0.6 is 0 Å². The zero-order valence-electron chi connectivity index (χ0n) is 16.2. The number of fused-ring (bicyclic) bond motifs is 1. The van der Waals surface area contributed by atoms with Crippen LogP contribution in [-0.4, -0.2) is 39.4 Å². The normalized spacial score (nSPS) is 13.2. The molecule has 0 bridgehead atoms. The van der Waals surface area contributed by atoms with Crippen molar-refractivity contribution in [3.8, 4) is 0 Å². The van der Waals surface area contributed by atoms with Crippen molar-refractivity contribution in [3.63, 3.8) is 0 Å². The minimum absolute atomic E-state index is 0.0449. The number of carbonyl (C=O) groups is 2. The van der Waals surface area contributed by atoms with Crippen LogP contribution in [-0.2, 0) is 11.2 Å². The van der Waals surface area contributed by atoms with Crippen molar-refractivity contribution >= 4 is 22.8 Å². The molecule has 1 aliphatic carbocycles. The van der Waals surface area contributed by atoms with Crippen LogP contribution in [0.4, 0.5) is 0 Å². The Kier molecular flexibility index (Phi) is 5.42. The summed E-state index contributed by atoms with van der Waals surface area (Å²) in [6.07, 6.45) is 3.35. The van der Waals surface area contributed by atoms with E-state index in [9.17, 15) is 19.2 Å². The molecule has 2 amide bonds. The minimum Gasteiger partial charge on any atom is -0.354 e. The maximum Gasteiger partial charge on any atom is 0.330 e. The third-order valence-corrected chi connectivity index (χ3v) is 4.89. The maximum atomic E-state index is 12.4. The van der Waals surface area contributed by atoms with Gasteiger partial charge < -0.3 is 10.6 Å². The number of nitrogens with zero attached hydrogens (tertiary/aromatic N) is 2. The fourth-order valence-corrected chi connectivity index (χ4v) is 3.26. The van der Waals surface area contributed by atoms with E-state index in [4.69, 9.17) is 0 Å². The molecule has 1 saturated carbocycles. The number of pyridine rings is 1. The van der Waals surface area contributed by atoms with E-state index in [1.54, 1.807) is 0 Å². The molecule has 1 aromatic carbocycles. The molecule has 3 aromatic rings. The van der Waals surface area contributed by atoms with E-state index in [1.165, 1.54) is 16.8 Å². The lowest BCUT2D eigenvalue weighted by molar-refractivity contribution is -0.120. The molecule has 4 rings (SSSR count). The van der Waals surface area contributed by atoms with Gasteiger partial charge in [-0.15, -0.1) is 0 Å². The van der Waals surface area contributed by atoms with E-state index in [0.717, 1.165) is 18.4 Å². The van der Waals surface area contributed by atoms with Crippen molar-refractivity contribution in [2.24, 2.45) is 0 Å². The highest BCUT2D eigenvalue weighted by atomic mass is 16.2. The van der Waals surface area contributed by atoms with Gasteiger partial charge in [-0.1, -0.05) is 30.3 Å². The van der Waals surface area contributed by atoms with Crippen LogP contribution in [0.15, 0.2) is 52.2 Å². The van der Waals surface area contributed by atoms with E-state index in [1.807, 2.05) is 30.3 Å². The number of hydrogen-bond acceptors (Lipinski definition) is 5. The lowest BCUT2D eigenvalue weighted by atomic mass is 10.1. The number of benzene rings is 1. The lowest BCUT2D eigenvalue weighted by Crippen LogP contribution is -2.35. The molecule has 1 fully saturated rings. The second kappa shape index (κ2) is 8.32. The van der Waals surface area contributed by atoms with Crippen LogP contribution in [0.3, 0.4) is 0 Å². The summed E-state index contributed by atoms with van der Waals surface area (Å²) in [5.41, 5.74) is 0.366. The summed E-state index contributed by atoms with van der Waals surface area (Å²) in [5, 5.41) is 5.64. The van der Waals surface area contributed by atoms with Gasteiger partial charge in [-0.25, -0.2) is 9.78 Å². The van der Waals surface area contributed by atoms with Crippen molar-refractivity contribution in [1.82, 2.24) is 25.2 Å². The molecular weight excluding hydrogens is 386 g/mol. The first kappa shape index (κ1) is 19.6. The Labute approximate surface area is 171 Å². The van der Waals surface area contributed by atoms with E-state index in [-0.39, 0.29) is 48.1 Å². The fourth-order valence-electron chi connectivity index (χ4n) is 3.26. The molecule has 30 heavy (non-hydrogen) atoms. The van der Waals surface area contributed by atoms with Gasteiger partial charge in [0.05, 0.1) is 17.4 Å². The van der Waals surface area contributed by atoms with Crippen molar-refractivity contribution in [2.75, 3.05) is 13.1 Å². The van der Waals surface area contributed by atoms with Crippen molar-refractivity contribution in [1.29, 1.82) is 0 Å². The minimum atomic E-state index is -0.567. The first-order valence-corrected chi connectivity index (χ1v) is 9.76. The first-order chi connectivity index (χ1) is 14.5. The number of aromatic nitrogens is 3. The Morgan fingerprint density at radius 3 is 2.57 bits per heavy atom. The quantitative estimate of drug-likeness (QED) is 0.492. The Bertz CT molecular complexity index is 1210. The van der Waals surface area contributed by atoms with Crippen LogP contribution in [0.5, 0.6) is 0 Å². The molecule has 2 heterocycles. The van der Waals surface area contributed by atoms with Gasteiger partial charge in [-0.05, 0) is 24.5 Å². The molecular formula is C21H21N5O4. The summed E-state index contributed by atoms with van der Waals surface area (Å²) in [5.74, 6) is -0.544. The number of aromatic amines is 1. The number of amides is 2. The maximum absolute atomic E-state index is 12.4. The van der Waals surface area contributed by atoms with Gasteiger partial charge in [0.2, 0.25) is 5.91 Å². The SMILES string of the molecule is O=C(Cc1ccccc1)NCCNC(=O)c1cnc2c(c1)c(=O)[nH]c(=O)n2C1CC1. The molecule has 2 aromatic heterocycles. The topological polar surface area (TPSA) is 126 Å². The van der Waals surface area contributed by atoms with Crippen LogP contribution in [0.2, 0.25) is 0 Å². The van der Waals surface area contributed by atoms with Crippen LogP contribution < -0.4 is 21.9 Å².